The van der Waals surface area contributed by atoms with Crippen molar-refractivity contribution in [2.75, 3.05) is 0 Å². The molecule has 2 aromatic heterocycles. The Hall–Kier alpha value is -1.89. The molecule has 0 aromatic carbocycles. The van der Waals surface area contributed by atoms with E-state index < -0.39 is 0 Å². The van der Waals surface area contributed by atoms with Crippen molar-refractivity contribution >= 4 is 5.65 Å². The smallest absolute Gasteiger partial charge is 0.349 e. The predicted molar refractivity (Wildman–Crippen MR) is 60.0 cm³/mol. The van der Waals surface area contributed by atoms with Crippen molar-refractivity contribution in [3.05, 3.63) is 22.4 Å². The molecule has 0 unspecified atom stereocenters. The molecule has 3 N–H and O–H groups in total. The van der Waals surface area contributed by atoms with E-state index in [1.54, 1.807) is 13.0 Å². The standard InChI is InChI=1S/C10H13N5O2/c1-5-12-9(17-7-2-6(11)3-7)4-8-13-14-10(16)15(5)8/h4,6-7H,2-3,11H2,1H3,(H,14,16). The lowest BCUT2D eigenvalue weighted by molar-refractivity contribution is 0.0956. The average molecular weight is 235 g/mol. The van der Waals surface area contributed by atoms with Crippen LogP contribution in [-0.4, -0.2) is 31.7 Å². The predicted octanol–water partition coefficient (Wildman–Crippen LogP) is -0.405. The number of fused-ring (bicyclic) bond motifs is 1. The molecule has 1 saturated carbocycles. The summed E-state index contributed by atoms with van der Waals surface area (Å²) in [7, 11) is 0. The van der Waals surface area contributed by atoms with Crippen LogP contribution in [0.2, 0.25) is 0 Å². The monoisotopic (exact) mass is 235 g/mol. The Labute approximate surface area is 96.6 Å². The van der Waals surface area contributed by atoms with Crippen LogP contribution in [0.5, 0.6) is 5.88 Å². The van der Waals surface area contributed by atoms with Gasteiger partial charge in [0.25, 0.3) is 0 Å². The van der Waals surface area contributed by atoms with Crippen molar-refractivity contribution in [2.45, 2.75) is 31.9 Å². The van der Waals surface area contributed by atoms with E-state index in [1.165, 1.54) is 4.40 Å². The minimum Gasteiger partial charge on any atom is -0.474 e. The molecule has 0 atom stereocenters. The largest absolute Gasteiger partial charge is 0.474 e. The number of H-pyrrole nitrogens is 1. The van der Waals surface area contributed by atoms with Gasteiger partial charge in [0, 0.05) is 12.1 Å². The highest BCUT2D eigenvalue weighted by Gasteiger charge is 2.28. The first-order valence-corrected chi connectivity index (χ1v) is 5.50. The number of nitrogens with one attached hydrogen (secondary N) is 1. The summed E-state index contributed by atoms with van der Waals surface area (Å²) in [6, 6.07) is 1.88. The fourth-order valence-corrected chi connectivity index (χ4v) is 2.00. The first-order chi connectivity index (χ1) is 8.13. The number of aryl methyl sites for hydroxylation is 1. The lowest BCUT2D eigenvalue weighted by atomic mass is 9.90. The van der Waals surface area contributed by atoms with Gasteiger partial charge in [0.2, 0.25) is 5.88 Å². The summed E-state index contributed by atoms with van der Waals surface area (Å²) >= 11 is 0. The quantitative estimate of drug-likeness (QED) is 0.737. The van der Waals surface area contributed by atoms with Crippen molar-refractivity contribution in [1.82, 2.24) is 19.6 Å². The minimum atomic E-state index is -0.290. The summed E-state index contributed by atoms with van der Waals surface area (Å²) in [5, 5.41) is 6.26. The van der Waals surface area contributed by atoms with Gasteiger partial charge in [0.1, 0.15) is 11.9 Å². The highest BCUT2D eigenvalue weighted by Crippen LogP contribution is 2.23. The highest BCUT2D eigenvalue weighted by atomic mass is 16.5. The Balaban J connectivity index is 1.93. The third-order valence-corrected chi connectivity index (χ3v) is 2.97. The van der Waals surface area contributed by atoms with E-state index in [2.05, 4.69) is 15.2 Å². The highest BCUT2D eigenvalue weighted by molar-refractivity contribution is 5.40. The first kappa shape index (κ1) is 10.3. The van der Waals surface area contributed by atoms with Crippen molar-refractivity contribution in [1.29, 1.82) is 0 Å². The van der Waals surface area contributed by atoms with Gasteiger partial charge in [-0.05, 0) is 19.8 Å². The topological polar surface area (TPSA) is 98.3 Å². The SMILES string of the molecule is Cc1nc(OC2CC(N)C2)cc2n[nH]c(=O)n12. The van der Waals surface area contributed by atoms with E-state index in [0.29, 0.717) is 17.4 Å². The van der Waals surface area contributed by atoms with Gasteiger partial charge >= 0.3 is 5.69 Å². The molecule has 1 fully saturated rings. The third-order valence-electron chi connectivity index (χ3n) is 2.97. The summed E-state index contributed by atoms with van der Waals surface area (Å²) in [6.45, 7) is 1.74. The second-order valence-electron chi connectivity index (χ2n) is 4.34. The van der Waals surface area contributed by atoms with Crippen LogP contribution >= 0.6 is 0 Å². The van der Waals surface area contributed by atoms with Gasteiger partial charge in [-0.15, -0.1) is 0 Å². The van der Waals surface area contributed by atoms with E-state index in [4.69, 9.17) is 10.5 Å². The summed E-state index contributed by atoms with van der Waals surface area (Å²) in [4.78, 5) is 15.6. The first-order valence-electron chi connectivity index (χ1n) is 5.50. The average Bonchev–Trinajstić information content (AvgIpc) is 2.58. The van der Waals surface area contributed by atoms with Crippen LogP contribution in [0.1, 0.15) is 18.7 Å². The van der Waals surface area contributed by atoms with Crippen molar-refractivity contribution in [2.24, 2.45) is 5.73 Å². The van der Waals surface area contributed by atoms with E-state index in [-0.39, 0.29) is 17.8 Å². The maximum atomic E-state index is 11.4. The summed E-state index contributed by atoms with van der Waals surface area (Å²) in [5.74, 6) is 1.05. The molecule has 0 saturated heterocycles. The Morgan fingerprint density at radius 2 is 2.35 bits per heavy atom. The van der Waals surface area contributed by atoms with Gasteiger partial charge in [0.05, 0.1) is 0 Å². The van der Waals surface area contributed by atoms with Crippen molar-refractivity contribution in [3.63, 3.8) is 0 Å². The lowest BCUT2D eigenvalue weighted by Gasteiger charge is -2.32. The fourth-order valence-electron chi connectivity index (χ4n) is 2.00. The van der Waals surface area contributed by atoms with E-state index >= 15 is 0 Å². The number of hydrogen-bond donors (Lipinski definition) is 2. The fraction of sp³-hybridized carbons (Fsp3) is 0.500. The number of nitrogens with zero attached hydrogens (tertiary/aromatic N) is 3. The number of nitrogens with two attached hydrogens (primary N) is 1. The number of hydrogen-bond acceptors (Lipinski definition) is 5. The van der Waals surface area contributed by atoms with Gasteiger partial charge in [-0.1, -0.05) is 0 Å². The molecule has 0 aliphatic heterocycles. The number of rotatable bonds is 2. The molecule has 1 aliphatic rings. The maximum absolute atomic E-state index is 11.4. The molecule has 17 heavy (non-hydrogen) atoms. The molecule has 0 amide bonds. The Morgan fingerprint density at radius 3 is 3.06 bits per heavy atom. The molecule has 7 heteroatoms. The normalized spacial score (nSPS) is 23.6. The second kappa shape index (κ2) is 3.56. The summed E-state index contributed by atoms with van der Waals surface area (Å²) in [5.41, 5.74) is 5.91. The Kier molecular flexibility index (Phi) is 2.15. The molecular weight excluding hydrogens is 222 g/mol. The Bertz CT molecular complexity index is 611. The Morgan fingerprint density at radius 1 is 1.59 bits per heavy atom. The van der Waals surface area contributed by atoms with Crippen LogP contribution in [-0.2, 0) is 0 Å². The molecule has 0 spiro atoms. The zero-order chi connectivity index (χ0) is 12.0. The van der Waals surface area contributed by atoms with Crippen LogP contribution < -0.4 is 16.2 Å². The maximum Gasteiger partial charge on any atom is 0.349 e. The summed E-state index contributed by atoms with van der Waals surface area (Å²) in [6.07, 6.45) is 1.82. The van der Waals surface area contributed by atoms with Crippen LogP contribution in [0.25, 0.3) is 5.65 Å². The zero-order valence-corrected chi connectivity index (χ0v) is 9.38. The number of aromatic amines is 1. The van der Waals surface area contributed by atoms with Gasteiger partial charge in [-0.2, -0.15) is 10.1 Å². The summed E-state index contributed by atoms with van der Waals surface area (Å²) < 4.78 is 7.06. The number of ether oxygens (including phenoxy) is 1. The number of aromatic nitrogens is 4. The van der Waals surface area contributed by atoms with Crippen LogP contribution in [0.15, 0.2) is 10.9 Å². The van der Waals surface area contributed by atoms with E-state index in [0.717, 1.165) is 12.8 Å². The molecule has 7 nitrogen and oxygen atoms in total. The molecule has 0 bridgehead atoms. The second-order valence-corrected chi connectivity index (χ2v) is 4.34. The van der Waals surface area contributed by atoms with Gasteiger partial charge in [0.15, 0.2) is 5.65 Å². The van der Waals surface area contributed by atoms with Crippen molar-refractivity contribution < 1.29 is 4.74 Å². The molecule has 2 heterocycles. The van der Waals surface area contributed by atoms with Gasteiger partial charge < -0.3 is 10.5 Å². The minimum absolute atomic E-state index is 0.130. The van der Waals surface area contributed by atoms with E-state index in [1.807, 2.05) is 0 Å². The molecule has 0 radical (unpaired) electrons. The molecule has 3 rings (SSSR count). The van der Waals surface area contributed by atoms with Crippen LogP contribution in [0.3, 0.4) is 0 Å². The van der Waals surface area contributed by atoms with E-state index in [9.17, 15) is 4.79 Å². The molecule has 1 aliphatic carbocycles. The van der Waals surface area contributed by atoms with Gasteiger partial charge in [-0.3, -0.25) is 0 Å². The zero-order valence-electron chi connectivity index (χ0n) is 9.38. The molecule has 90 valence electrons. The third kappa shape index (κ3) is 1.68. The molecular formula is C10H13N5O2. The van der Waals surface area contributed by atoms with Crippen LogP contribution in [0, 0.1) is 6.92 Å². The van der Waals surface area contributed by atoms with Crippen molar-refractivity contribution in [3.8, 4) is 5.88 Å². The molecule has 2 aromatic rings. The lowest BCUT2D eigenvalue weighted by Crippen LogP contribution is -2.43. The van der Waals surface area contributed by atoms with Gasteiger partial charge in [-0.25, -0.2) is 14.3 Å². The van der Waals surface area contributed by atoms with Crippen LogP contribution in [0.4, 0.5) is 0 Å².